The fourth-order valence-corrected chi connectivity index (χ4v) is 2.24. The Labute approximate surface area is 86.3 Å². The Morgan fingerprint density at radius 1 is 1.57 bits per heavy atom. The van der Waals surface area contributed by atoms with Crippen molar-refractivity contribution >= 4 is 5.97 Å². The van der Waals surface area contributed by atoms with Crippen LogP contribution in [0.4, 0.5) is 0 Å². The zero-order valence-electron chi connectivity index (χ0n) is 9.27. The fourth-order valence-electron chi connectivity index (χ4n) is 2.24. The Morgan fingerprint density at radius 2 is 2.29 bits per heavy atom. The first-order valence-corrected chi connectivity index (χ1v) is 5.48. The van der Waals surface area contributed by atoms with Crippen molar-refractivity contribution in [1.82, 2.24) is 0 Å². The third-order valence-corrected chi connectivity index (χ3v) is 3.16. The van der Waals surface area contributed by atoms with Gasteiger partial charge in [-0.1, -0.05) is 19.1 Å². The number of hydrogen-bond acceptors (Lipinski definition) is 2. The van der Waals surface area contributed by atoms with Crippen LogP contribution in [0.3, 0.4) is 0 Å². The van der Waals surface area contributed by atoms with Crippen molar-refractivity contribution < 1.29 is 9.53 Å². The summed E-state index contributed by atoms with van der Waals surface area (Å²) in [4.78, 5) is 11.8. The summed E-state index contributed by atoms with van der Waals surface area (Å²) in [6.07, 6.45) is 4.79. The molecule has 80 valence electrons. The van der Waals surface area contributed by atoms with Gasteiger partial charge in [0.1, 0.15) is 0 Å². The number of esters is 1. The van der Waals surface area contributed by atoms with Gasteiger partial charge in [0.05, 0.1) is 12.0 Å². The molecule has 0 radical (unpaired) electrons. The van der Waals surface area contributed by atoms with Crippen LogP contribution in [0.1, 0.15) is 46.0 Å². The predicted octanol–water partition coefficient (Wildman–Crippen LogP) is 3.08. The van der Waals surface area contributed by atoms with Crippen LogP contribution < -0.4 is 0 Å². The van der Waals surface area contributed by atoms with Crippen LogP contribution >= 0.6 is 0 Å². The standard InChI is InChI=1S/C12H20O2/c1-4-12(11(13)14-5-2)8-6-7-10(3)9-12/h3-9H2,1-2H3. The predicted molar refractivity (Wildman–Crippen MR) is 57.0 cm³/mol. The highest BCUT2D eigenvalue weighted by atomic mass is 16.5. The highest BCUT2D eigenvalue weighted by molar-refractivity contribution is 5.77. The summed E-state index contributed by atoms with van der Waals surface area (Å²) in [6, 6.07) is 0. The van der Waals surface area contributed by atoms with Crippen molar-refractivity contribution in [1.29, 1.82) is 0 Å². The monoisotopic (exact) mass is 196 g/mol. The van der Waals surface area contributed by atoms with Gasteiger partial charge in [-0.2, -0.15) is 0 Å². The van der Waals surface area contributed by atoms with Crippen LogP contribution in [0.2, 0.25) is 0 Å². The summed E-state index contributed by atoms with van der Waals surface area (Å²) >= 11 is 0. The highest BCUT2D eigenvalue weighted by Crippen LogP contribution is 2.42. The van der Waals surface area contributed by atoms with Gasteiger partial charge in [0.15, 0.2) is 0 Å². The van der Waals surface area contributed by atoms with Crippen molar-refractivity contribution in [2.75, 3.05) is 6.61 Å². The third-order valence-electron chi connectivity index (χ3n) is 3.16. The molecule has 0 aromatic heterocycles. The topological polar surface area (TPSA) is 26.3 Å². The second-order valence-electron chi connectivity index (χ2n) is 4.13. The van der Waals surface area contributed by atoms with Gasteiger partial charge >= 0.3 is 5.97 Å². The van der Waals surface area contributed by atoms with Gasteiger partial charge in [-0.05, 0) is 39.0 Å². The molecule has 0 aromatic rings. The summed E-state index contributed by atoms with van der Waals surface area (Å²) in [5.41, 5.74) is 0.942. The highest BCUT2D eigenvalue weighted by Gasteiger charge is 2.40. The van der Waals surface area contributed by atoms with E-state index in [0.29, 0.717) is 6.61 Å². The molecule has 0 aromatic carbocycles. The lowest BCUT2D eigenvalue weighted by Gasteiger charge is -2.34. The van der Waals surface area contributed by atoms with Crippen LogP contribution in [0.5, 0.6) is 0 Å². The second kappa shape index (κ2) is 4.63. The molecule has 1 unspecified atom stereocenters. The molecule has 2 heteroatoms. The van der Waals surface area contributed by atoms with Crippen LogP contribution in [0.15, 0.2) is 12.2 Å². The van der Waals surface area contributed by atoms with Crippen LogP contribution in [-0.2, 0) is 9.53 Å². The average Bonchev–Trinajstić information content (AvgIpc) is 2.18. The first-order chi connectivity index (χ1) is 6.64. The third kappa shape index (κ3) is 2.17. The number of carbonyl (C=O) groups is 1. The molecular weight excluding hydrogens is 176 g/mol. The molecular formula is C12H20O2. The van der Waals surface area contributed by atoms with E-state index in [4.69, 9.17) is 4.74 Å². The molecule has 1 atom stereocenters. The molecule has 14 heavy (non-hydrogen) atoms. The number of allylic oxidation sites excluding steroid dienone is 1. The molecule has 0 N–H and O–H groups in total. The lowest BCUT2D eigenvalue weighted by molar-refractivity contribution is -0.157. The van der Waals surface area contributed by atoms with E-state index in [1.165, 1.54) is 5.57 Å². The molecule has 0 saturated heterocycles. The molecule has 1 aliphatic carbocycles. The summed E-state index contributed by atoms with van der Waals surface area (Å²) in [5, 5.41) is 0. The molecule has 0 spiro atoms. The lowest BCUT2D eigenvalue weighted by Crippen LogP contribution is -2.35. The first kappa shape index (κ1) is 11.3. The molecule has 0 bridgehead atoms. The number of carbonyl (C=O) groups excluding carboxylic acids is 1. The lowest BCUT2D eigenvalue weighted by atomic mass is 9.70. The van der Waals surface area contributed by atoms with Gasteiger partial charge in [-0.15, -0.1) is 0 Å². The van der Waals surface area contributed by atoms with Gasteiger partial charge in [-0.25, -0.2) is 0 Å². The molecule has 0 heterocycles. The van der Waals surface area contributed by atoms with E-state index in [1.54, 1.807) is 0 Å². The van der Waals surface area contributed by atoms with Gasteiger partial charge in [-0.3, -0.25) is 4.79 Å². The van der Waals surface area contributed by atoms with Crippen LogP contribution in [-0.4, -0.2) is 12.6 Å². The Kier molecular flexibility index (Phi) is 3.73. The molecule has 1 fully saturated rings. The molecule has 0 aliphatic heterocycles. The summed E-state index contributed by atoms with van der Waals surface area (Å²) in [6.45, 7) is 8.40. The van der Waals surface area contributed by atoms with Crippen LogP contribution in [0.25, 0.3) is 0 Å². The van der Waals surface area contributed by atoms with E-state index < -0.39 is 0 Å². The van der Waals surface area contributed by atoms with Crippen molar-refractivity contribution in [3.05, 3.63) is 12.2 Å². The Bertz CT molecular complexity index is 232. The van der Waals surface area contributed by atoms with Crippen molar-refractivity contribution in [2.24, 2.45) is 5.41 Å². The molecule has 1 saturated carbocycles. The van der Waals surface area contributed by atoms with E-state index in [-0.39, 0.29) is 11.4 Å². The smallest absolute Gasteiger partial charge is 0.312 e. The maximum Gasteiger partial charge on any atom is 0.312 e. The maximum absolute atomic E-state index is 11.8. The van der Waals surface area contributed by atoms with Crippen molar-refractivity contribution in [3.8, 4) is 0 Å². The SMILES string of the molecule is C=C1CCCC(CC)(C(=O)OCC)C1. The summed E-state index contributed by atoms with van der Waals surface area (Å²) < 4.78 is 5.14. The maximum atomic E-state index is 11.8. The largest absolute Gasteiger partial charge is 0.466 e. The Morgan fingerprint density at radius 3 is 2.79 bits per heavy atom. The minimum atomic E-state index is -0.259. The van der Waals surface area contributed by atoms with Gasteiger partial charge in [0.2, 0.25) is 0 Å². The Balaban J connectivity index is 2.73. The van der Waals surface area contributed by atoms with E-state index in [1.807, 2.05) is 6.92 Å². The van der Waals surface area contributed by atoms with Gasteiger partial charge < -0.3 is 4.74 Å². The summed E-state index contributed by atoms with van der Waals surface area (Å²) in [5.74, 6) is -0.0247. The quantitative estimate of drug-likeness (QED) is 0.512. The van der Waals surface area contributed by atoms with E-state index in [0.717, 1.165) is 32.1 Å². The van der Waals surface area contributed by atoms with Gasteiger partial charge in [0, 0.05) is 0 Å². The first-order valence-electron chi connectivity index (χ1n) is 5.48. The summed E-state index contributed by atoms with van der Waals surface area (Å²) in [7, 11) is 0. The minimum absolute atomic E-state index is 0.0247. The zero-order valence-corrected chi connectivity index (χ0v) is 9.27. The van der Waals surface area contributed by atoms with Crippen molar-refractivity contribution in [3.63, 3.8) is 0 Å². The van der Waals surface area contributed by atoms with Crippen molar-refractivity contribution in [2.45, 2.75) is 46.0 Å². The van der Waals surface area contributed by atoms with E-state index in [2.05, 4.69) is 13.5 Å². The second-order valence-corrected chi connectivity index (χ2v) is 4.13. The molecule has 1 aliphatic rings. The normalized spacial score (nSPS) is 27.4. The minimum Gasteiger partial charge on any atom is -0.466 e. The number of ether oxygens (including phenoxy) is 1. The van der Waals surface area contributed by atoms with Crippen LogP contribution in [0, 0.1) is 5.41 Å². The molecule has 0 amide bonds. The Hall–Kier alpha value is -0.790. The molecule has 2 nitrogen and oxygen atoms in total. The zero-order chi connectivity index (χ0) is 10.6. The van der Waals surface area contributed by atoms with E-state index >= 15 is 0 Å². The number of hydrogen-bond donors (Lipinski definition) is 0. The van der Waals surface area contributed by atoms with Gasteiger partial charge in [0.25, 0.3) is 0 Å². The molecule has 1 rings (SSSR count). The fraction of sp³-hybridized carbons (Fsp3) is 0.750. The van der Waals surface area contributed by atoms with E-state index in [9.17, 15) is 4.79 Å². The number of rotatable bonds is 3. The average molecular weight is 196 g/mol.